The van der Waals surface area contributed by atoms with E-state index in [1.165, 1.54) is 12.1 Å². The number of aryl methyl sites for hydroxylation is 1. The topological polar surface area (TPSA) is 89.5 Å². The van der Waals surface area contributed by atoms with E-state index in [-0.39, 0.29) is 29.7 Å². The maximum atomic E-state index is 12.8. The van der Waals surface area contributed by atoms with E-state index in [0.29, 0.717) is 5.56 Å². The first kappa shape index (κ1) is 14.0. The largest absolute Gasteiger partial charge is 0.333 e. The summed E-state index contributed by atoms with van der Waals surface area (Å²) in [5, 5.41) is 10.9. The number of non-ortho nitro benzene ring substituents is 1. The highest BCUT2D eigenvalue weighted by Crippen LogP contribution is 2.36. The molecule has 0 radical (unpaired) electrons. The van der Waals surface area contributed by atoms with Gasteiger partial charge in [-0.3, -0.25) is 14.9 Å². The highest BCUT2D eigenvalue weighted by molar-refractivity contribution is 5.97. The van der Waals surface area contributed by atoms with E-state index in [2.05, 4.69) is 0 Å². The Kier molecular flexibility index (Phi) is 3.41. The third-order valence-electron chi connectivity index (χ3n) is 4.67. The molecule has 0 saturated carbocycles. The zero-order chi connectivity index (χ0) is 15.1. The van der Waals surface area contributed by atoms with Crippen LogP contribution in [0.3, 0.4) is 0 Å². The van der Waals surface area contributed by atoms with E-state index in [9.17, 15) is 14.9 Å². The van der Waals surface area contributed by atoms with E-state index in [4.69, 9.17) is 5.73 Å². The molecule has 2 fully saturated rings. The molecule has 1 aromatic rings. The smallest absolute Gasteiger partial charge is 0.270 e. The molecule has 6 heteroatoms. The van der Waals surface area contributed by atoms with Crippen molar-refractivity contribution in [1.29, 1.82) is 0 Å². The van der Waals surface area contributed by atoms with Gasteiger partial charge in [0.25, 0.3) is 11.6 Å². The molecular weight excluding hydrogens is 270 g/mol. The van der Waals surface area contributed by atoms with Crippen LogP contribution < -0.4 is 5.73 Å². The van der Waals surface area contributed by atoms with E-state index in [1.807, 2.05) is 11.8 Å². The van der Waals surface area contributed by atoms with Crippen molar-refractivity contribution in [3.05, 3.63) is 39.4 Å². The molecule has 2 aliphatic rings. The fourth-order valence-corrected chi connectivity index (χ4v) is 3.64. The number of amides is 1. The summed E-state index contributed by atoms with van der Waals surface area (Å²) in [6.45, 7) is 1.81. The molecule has 1 aromatic carbocycles. The monoisotopic (exact) mass is 289 g/mol. The van der Waals surface area contributed by atoms with Crippen LogP contribution in [0.2, 0.25) is 0 Å². The molecule has 0 aliphatic carbocycles. The maximum Gasteiger partial charge on any atom is 0.270 e. The number of rotatable bonds is 2. The molecular formula is C15H19N3O3. The number of nitrogens with two attached hydrogens (primary N) is 1. The van der Waals surface area contributed by atoms with Crippen LogP contribution in [0.5, 0.6) is 0 Å². The Bertz CT molecular complexity index is 588. The summed E-state index contributed by atoms with van der Waals surface area (Å²) < 4.78 is 0. The Morgan fingerprint density at radius 2 is 1.95 bits per heavy atom. The van der Waals surface area contributed by atoms with E-state index < -0.39 is 4.92 Å². The predicted molar refractivity (Wildman–Crippen MR) is 78.0 cm³/mol. The lowest BCUT2D eigenvalue weighted by molar-refractivity contribution is -0.384. The number of hydrogen-bond acceptors (Lipinski definition) is 4. The van der Waals surface area contributed by atoms with Gasteiger partial charge < -0.3 is 10.6 Å². The SMILES string of the molecule is Cc1ccc([N+](=O)[O-])cc1C(=O)N1C2CCC1CC(N)C2. The average Bonchev–Trinajstić information content (AvgIpc) is 2.70. The van der Waals surface area contributed by atoms with Gasteiger partial charge in [0.15, 0.2) is 0 Å². The molecule has 6 nitrogen and oxygen atoms in total. The first-order valence-electron chi connectivity index (χ1n) is 7.30. The molecule has 3 rings (SSSR count). The average molecular weight is 289 g/mol. The number of carbonyl (C=O) groups excluding carboxylic acids is 1. The number of piperidine rings is 1. The lowest BCUT2D eigenvalue weighted by Crippen LogP contribution is -2.50. The molecule has 2 saturated heterocycles. The van der Waals surface area contributed by atoms with Crippen molar-refractivity contribution in [2.45, 2.75) is 50.7 Å². The van der Waals surface area contributed by atoms with Gasteiger partial charge in [-0.25, -0.2) is 0 Å². The second-order valence-corrected chi connectivity index (χ2v) is 6.09. The van der Waals surface area contributed by atoms with Crippen molar-refractivity contribution in [3.63, 3.8) is 0 Å². The standard InChI is InChI=1S/C15H19N3O3/c1-9-2-3-13(18(20)21)8-14(9)15(19)17-11-4-5-12(17)7-10(16)6-11/h2-3,8,10-12H,4-7,16H2,1H3. The molecule has 112 valence electrons. The van der Waals surface area contributed by atoms with Crippen LogP contribution in [-0.4, -0.2) is 33.9 Å². The Morgan fingerprint density at radius 3 is 2.52 bits per heavy atom. The van der Waals surface area contributed by atoms with Gasteiger partial charge >= 0.3 is 0 Å². The second kappa shape index (κ2) is 5.11. The molecule has 1 amide bonds. The van der Waals surface area contributed by atoms with Crippen molar-refractivity contribution < 1.29 is 9.72 Å². The third-order valence-corrected chi connectivity index (χ3v) is 4.67. The van der Waals surface area contributed by atoms with Crippen LogP contribution in [0.1, 0.15) is 41.6 Å². The van der Waals surface area contributed by atoms with Gasteiger partial charge in [-0.2, -0.15) is 0 Å². The minimum Gasteiger partial charge on any atom is -0.333 e. The highest BCUT2D eigenvalue weighted by Gasteiger charge is 2.42. The van der Waals surface area contributed by atoms with Crippen LogP contribution in [0.15, 0.2) is 18.2 Å². The number of benzene rings is 1. The number of nitro groups is 1. The van der Waals surface area contributed by atoms with Gasteiger partial charge in [0, 0.05) is 35.8 Å². The Labute approximate surface area is 123 Å². The number of carbonyl (C=O) groups is 1. The zero-order valence-corrected chi connectivity index (χ0v) is 12.0. The summed E-state index contributed by atoms with van der Waals surface area (Å²) >= 11 is 0. The molecule has 2 aliphatic heterocycles. The van der Waals surface area contributed by atoms with Crippen LogP contribution >= 0.6 is 0 Å². The van der Waals surface area contributed by atoms with Crippen LogP contribution in [0, 0.1) is 17.0 Å². The van der Waals surface area contributed by atoms with Gasteiger partial charge in [-0.05, 0) is 38.2 Å². The van der Waals surface area contributed by atoms with Crippen molar-refractivity contribution in [2.24, 2.45) is 5.73 Å². The van der Waals surface area contributed by atoms with Crippen molar-refractivity contribution in [3.8, 4) is 0 Å². The number of nitrogens with zero attached hydrogens (tertiary/aromatic N) is 2. The summed E-state index contributed by atoms with van der Waals surface area (Å²) in [6, 6.07) is 5.01. The lowest BCUT2D eigenvalue weighted by atomic mass is 9.96. The first-order valence-corrected chi connectivity index (χ1v) is 7.30. The Hall–Kier alpha value is -1.95. The van der Waals surface area contributed by atoms with E-state index in [0.717, 1.165) is 31.2 Å². The molecule has 2 bridgehead atoms. The highest BCUT2D eigenvalue weighted by atomic mass is 16.6. The van der Waals surface area contributed by atoms with E-state index in [1.54, 1.807) is 6.07 Å². The fraction of sp³-hybridized carbons (Fsp3) is 0.533. The van der Waals surface area contributed by atoms with Gasteiger partial charge in [0.05, 0.1) is 4.92 Å². The molecule has 21 heavy (non-hydrogen) atoms. The third kappa shape index (κ3) is 2.40. The molecule has 2 unspecified atom stereocenters. The quantitative estimate of drug-likeness (QED) is 0.666. The number of hydrogen-bond donors (Lipinski definition) is 1. The van der Waals surface area contributed by atoms with Crippen LogP contribution in [-0.2, 0) is 0 Å². The van der Waals surface area contributed by atoms with Crippen molar-refractivity contribution >= 4 is 11.6 Å². The molecule has 0 aromatic heterocycles. The lowest BCUT2D eigenvalue weighted by Gasteiger charge is -2.38. The summed E-state index contributed by atoms with van der Waals surface area (Å²) in [7, 11) is 0. The van der Waals surface area contributed by atoms with Crippen molar-refractivity contribution in [1.82, 2.24) is 4.90 Å². The van der Waals surface area contributed by atoms with Crippen LogP contribution in [0.25, 0.3) is 0 Å². The summed E-state index contributed by atoms with van der Waals surface area (Å²) in [5.41, 5.74) is 7.20. The maximum absolute atomic E-state index is 12.8. The molecule has 0 spiro atoms. The number of fused-ring (bicyclic) bond motifs is 2. The zero-order valence-electron chi connectivity index (χ0n) is 12.0. The minimum absolute atomic E-state index is 0.0370. The molecule has 2 heterocycles. The summed E-state index contributed by atoms with van der Waals surface area (Å²) in [4.78, 5) is 25.2. The second-order valence-electron chi connectivity index (χ2n) is 6.09. The van der Waals surface area contributed by atoms with Crippen LogP contribution in [0.4, 0.5) is 5.69 Å². The van der Waals surface area contributed by atoms with Gasteiger partial charge in [-0.1, -0.05) is 6.07 Å². The minimum atomic E-state index is -0.461. The first-order chi connectivity index (χ1) is 9.97. The van der Waals surface area contributed by atoms with Gasteiger partial charge in [-0.15, -0.1) is 0 Å². The van der Waals surface area contributed by atoms with Gasteiger partial charge in [0.1, 0.15) is 0 Å². The fourth-order valence-electron chi connectivity index (χ4n) is 3.64. The predicted octanol–water partition coefficient (Wildman–Crippen LogP) is 2.00. The molecule has 2 atom stereocenters. The Morgan fingerprint density at radius 1 is 1.33 bits per heavy atom. The van der Waals surface area contributed by atoms with E-state index >= 15 is 0 Å². The Balaban J connectivity index is 1.92. The molecule has 2 N–H and O–H groups in total. The number of nitro benzene ring substituents is 1. The summed E-state index contributed by atoms with van der Waals surface area (Å²) in [6.07, 6.45) is 3.63. The van der Waals surface area contributed by atoms with Crippen molar-refractivity contribution in [2.75, 3.05) is 0 Å². The summed E-state index contributed by atoms with van der Waals surface area (Å²) in [5.74, 6) is -0.0874. The van der Waals surface area contributed by atoms with Gasteiger partial charge in [0.2, 0.25) is 0 Å². The normalized spacial score (nSPS) is 27.7.